The molecule has 7 aromatic carbocycles. The number of nitrogens with zero attached hydrogens (tertiary/aromatic N) is 1. The monoisotopic (exact) mass is 588 g/mol. The van der Waals surface area contributed by atoms with Gasteiger partial charge in [-0.05, 0) is 58.7 Å². The maximum absolute atomic E-state index is 6.76. The maximum atomic E-state index is 6.76. The molecule has 3 nitrogen and oxygen atoms in total. The summed E-state index contributed by atoms with van der Waals surface area (Å²) >= 11 is 0. The molecule has 0 saturated heterocycles. The fourth-order valence-electron chi connectivity index (χ4n) is 8.06. The summed E-state index contributed by atoms with van der Waals surface area (Å²) in [6, 6.07) is 58.6. The van der Waals surface area contributed by atoms with Crippen molar-refractivity contribution in [2.45, 2.75) is 5.41 Å². The van der Waals surface area contributed by atoms with Crippen molar-refractivity contribution in [3.05, 3.63) is 186 Å². The van der Waals surface area contributed by atoms with Crippen LogP contribution in [0.3, 0.4) is 0 Å². The number of fused-ring (bicyclic) bond motifs is 12. The lowest BCUT2D eigenvalue weighted by molar-refractivity contribution is 0.436. The van der Waals surface area contributed by atoms with Gasteiger partial charge in [0.25, 0.3) is 0 Å². The number of rotatable bonds is 3. The Morgan fingerprint density at radius 3 is 1.91 bits per heavy atom. The smallest absolute Gasteiger partial charge is 0.134 e. The molecule has 1 N–H and O–H groups in total. The first-order chi connectivity index (χ1) is 22.8. The van der Waals surface area contributed by atoms with Crippen molar-refractivity contribution in [3.8, 4) is 28.3 Å². The van der Waals surface area contributed by atoms with Gasteiger partial charge in [0, 0.05) is 39.3 Å². The lowest BCUT2D eigenvalue weighted by atomic mass is 9.66. The van der Waals surface area contributed by atoms with Crippen molar-refractivity contribution < 1.29 is 4.74 Å². The second-order valence-electron chi connectivity index (χ2n) is 12.2. The van der Waals surface area contributed by atoms with Gasteiger partial charge in [-0.25, -0.2) is 0 Å². The molecule has 46 heavy (non-hydrogen) atoms. The van der Waals surface area contributed by atoms with E-state index in [4.69, 9.17) is 4.74 Å². The molecular formula is C43H28N2O. The third-order valence-electron chi connectivity index (χ3n) is 9.84. The summed E-state index contributed by atoms with van der Waals surface area (Å²) in [5.41, 5.74) is 12.5. The van der Waals surface area contributed by atoms with E-state index < -0.39 is 5.41 Å². The highest BCUT2D eigenvalue weighted by Crippen LogP contribution is 2.62. The molecule has 1 aromatic heterocycles. The largest absolute Gasteiger partial charge is 0.457 e. The predicted molar refractivity (Wildman–Crippen MR) is 188 cm³/mol. The molecule has 0 bridgehead atoms. The Balaban J connectivity index is 1.18. The van der Waals surface area contributed by atoms with E-state index in [0.717, 1.165) is 39.6 Å². The van der Waals surface area contributed by atoms with E-state index in [-0.39, 0.29) is 0 Å². The summed E-state index contributed by atoms with van der Waals surface area (Å²) < 4.78 is 9.12. The van der Waals surface area contributed by atoms with Gasteiger partial charge < -0.3 is 14.6 Å². The normalized spacial score (nSPS) is 13.6. The van der Waals surface area contributed by atoms with Gasteiger partial charge in [0.1, 0.15) is 11.5 Å². The molecule has 8 aromatic rings. The average Bonchev–Trinajstić information content (AvgIpc) is 3.61. The minimum absolute atomic E-state index is 0.463. The molecule has 2 heterocycles. The highest BCUT2D eigenvalue weighted by atomic mass is 16.5. The first-order valence-corrected chi connectivity index (χ1v) is 15.8. The Morgan fingerprint density at radius 1 is 0.478 bits per heavy atom. The highest BCUT2D eigenvalue weighted by Gasteiger charge is 2.50. The van der Waals surface area contributed by atoms with Crippen LogP contribution in [0.5, 0.6) is 11.5 Å². The van der Waals surface area contributed by atoms with Crippen LogP contribution in [0.25, 0.3) is 38.6 Å². The minimum Gasteiger partial charge on any atom is -0.457 e. The van der Waals surface area contributed by atoms with Gasteiger partial charge in [-0.3, -0.25) is 0 Å². The van der Waals surface area contributed by atoms with Crippen LogP contribution in [0.2, 0.25) is 0 Å². The molecule has 1 spiro atoms. The molecule has 2 aliphatic rings. The molecule has 0 atom stereocenters. The Hall–Kier alpha value is -6.06. The van der Waals surface area contributed by atoms with E-state index in [9.17, 15) is 0 Å². The fraction of sp³-hybridized carbons (Fsp3) is 0.0233. The molecule has 0 radical (unpaired) electrons. The number of para-hydroxylation sites is 4. The Bertz CT molecular complexity index is 2440. The number of hydrogen-bond acceptors (Lipinski definition) is 2. The van der Waals surface area contributed by atoms with Crippen LogP contribution in [-0.2, 0) is 5.41 Å². The van der Waals surface area contributed by atoms with Crippen molar-refractivity contribution in [1.29, 1.82) is 0 Å². The quantitative estimate of drug-likeness (QED) is 0.222. The lowest BCUT2D eigenvalue weighted by Gasteiger charge is -2.39. The third-order valence-corrected chi connectivity index (χ3v) is 9.84. The molecular weight excluding hydrogens is 560 g/mol. The van der Waals surface area contributed by atoms with Gasteiger partial charge in [-0.15, -0.1) is 0 Å². The van der Waals surface area contributed by atoms with Crippen molar-refractivity contribution in [2.24, 2.45) is 0 Å². The summed E-state index contributed by atoms with van der Waals surface area (Å²) in [4.78, 5) is 0. The second-order valence-corrected chi connectivity index (χ2v) is 12.2. The van der Waals surface area contributed by atoms with E-state index in [1.807, 2.05) is 0 Å². The zero-order valence-electron chi connectivity index (χ0n) is 24.9. The topological polar surface area (TPSA) is 26.2 Å². The van der Waals surface area contributed by atoms with Crippen LogP contribution >= 0.6 is 0 Å². The SMILES string of the molecule is c1ccc(-n2c3ccccc3c3cccc(Nc4ccc5c(c4)Oc4ccccc4C54c5ccccc5-c5ccccc54)c32)cc1. The second kappa shape index (κ2) is 9.47. The van der Waals surface area contributed by atoms with Crippen LogP contribution in [0, 0.1) is 0 Å². The summed E-state index contributed by atoms with van der Waals surface area (Å²) in [5.74, 6) is 1.76. The van der Waals surface area contributed by atoms with Gasteiger partial charge in [0.05, 0.1) is 22.1 Å². The van der Waals surface area contributed by atoms with E-state index in [0.29, 0.717) is 0 Å². The van der Waals surface area contributed by atoms with Gasteiger partial charge >= 0.3 is 0 Å². The van der Waals surface area contributed by atoms with Gasteiger partial charge in [-0.1, -0.05) is 121 Å². The van der Waals surface area contributed by atoms with E-state index in [1.54, 1.807) is 0 Å². The lowest BCUT2D eigenvalue weighted by Crippen LogP contribution is -2.32. The summed E-state index contributed by atoms with van der Waals surface area (Å²) in [5, 5.41) is 6.25. The van der Waals surface area contributed by atoms with Gasteiger partial charge in [-0.2, -0.15) is 0 Å². The molecule has 0 amide bonds. The Labute approximate surface area is 267 Å². The summed E-state index contributed by atoms with van der Waals surface area (Å²) in [6.07, 6.45) is 0. The van der Waals surface area contributed by atoms with Crippen LogP contribution in [0.4, 0.5) is 11.4 Å². The van der Waals surface area contributed by atoms with Crippen molar-refractivity contribution in [1.82, 2.24) is 4.57 Å². The number of anilines is 2. The number of nitrogens with one attached hydrogen (secondary N) is 1. The summed E-state index contributed by atoms with van der Waals surface area (Å²) in [6.45, 7) is 0. The van der Waals surface area contributed by atoms with Gasteiger partial charge in [0.2, 0.25) is 0 Å². The van der Waals surface area contributed by atoms with E-state index in [2.05, 4.69) is 174 Å². The molecule has 1 aliphatic carbocycles. The number of ether oxygens (including phenoxy) is 1. The molecule has 0 unspecified atom stereocenters. The fourth-order valence-corrected chi connectivity index (χ4v) is 8.06. The molecule has 0 saturated carbocycles. The maximum Gasteiger partial charge on any atom is 0.134 e. The standard InChI is InChI=1S/C43H28N2O/c1-2-13-29(14-3-1)45-39-23-10-6-17-32(39)33-18-12-22-38(42(33)45)44-28-25-26-37-41(27-28)46-40-24-11-9-21-36(40)43(37)34-19-7-4-15-30(34)31-16-5-8-20-35(31)43/h1-27,44H. The molecule has 3 heteroatoms. The Kier molecular flexibility index (Phi) is 5.20. The zero-order valence-corrected chi connectivity index (χ0v) is 24.9. The van der Waals surface area contributed by atoms with Crippen LogP contribution in [-0.4, -0.2) is 4.57 Å². The van der Waals surface area contributed by atoms with Crippen LogP contribution in [0.1, 0.15) is 22.3 Å². The number of hydrogen-bond donors (Lipinski definition) is 1. The molecule has 0 fully saturated rings. The van der Waals surface area contributed by atoms with Gasteiger partial charge in [0.15, 0.2) is 0 Å². The molecule has 10 rings (SSSR count). The number of benzene rings is 7. The predicted octanol–water partition coefficient (Wildman–Crippen LogP) is 11.0. The van der Waals surface area contributed by atoms with Crippen LogP contribution in [0.15, 0.2) is 164 Å². The Morgan fingerprint density at radius 2 is 1.11 bits per heavy atom. The molecule has 216 valence electrons. The van der Waals surface area contributed by atoms with Crippen LogP contribution < -0.4 is 10.1 Å². The van der Waals surface area contributed by atoms with E-state index >= 15 is 0 Å². The first-order valence-electron chi connectivity index (χ1n) is 15.8. The average molecular weight is 589 g/mol. The van der Waals surface area contributed by atoms with Crippen molar-refractivity contribution in [2.75, 3.05) is 5.32 Å². The highest BCUT2D eigenvalue weighted by molar-refractivity contribution is 6.13. The van der Waals surface area contributed by atoms with Crippen molar-refractivity contribution >= 4 is 33.2 Å². The van der Waals surface area contributed by atoms with Crippen molar-refractivity contribution in [3.63, 3.8) is 0 Å². The third kappa shape index (κ3) is 3.32. The number of aromatic nitrogens is 1. The zero-order chi connectivity index (χ0) is 30.2. The first kappa shape index (κ1) is 25.3. The van der Waals surface area contributed by atoms with E-state index in [1.165, 1.54) is 44.1 Å². The summed E-state index contributed by atoms with van der Waals surface area (Å²) in [7, 11) is 0. The minimum atomic E-state index is -0.463. The molecule has 1 aliphatic heterocycles.